The number of methoxy groups -OCH3 is 1. The molecule has 8 heteroatoms. The molecule has 0 bridgehead atoms. The lowest BCUT2D eigenvalue weighted by molar-refractivity contribution is -0.158. The molecule has 0 spiro atoms. The molecule has 2 aromatic carbocycles. The van der Waals surface area contributed by atoms with Crippen molar-refractivity contribution in [3.8, 4) is 34.3 Å². The van der Waals surface area contributed by atoms with E-state index in [-0.39, 0.29) is 23.2 Å². The molecule has 1 fully saturated rings. The molecule has 3 heterocycles. The van der Waals surface area contributed by atoms with Crippen LogP contribution >= 0.6 is 0 Å². The van der Waals surface area contributed by atoms with E-state index in [9.17, 15) is 10.1 Å². The third kappa shape index (κ3) is 5.77. The van der Waals surface area contributed by atoms with Gasteiger partial charge in [-0.15, -0.1) is 0 Å². The van der Waals surface area contributed by atoms with E-state index < -0.39 is 0 Å². The number of nitrogens with zero attached hydrogens (tertiary/aromatic N) is 3. The third-order valence-corrected chi connectivity index (χ3v) is 7.37. The van der Waals surface area contributed by atoms with Crippen molar-refractivity contribution in [2.45, 2.75) is 57.8 Å². The molecule has 1 saturated heterocycles. The molecule has 0 aliphatic carbocycles. The molecule has 8 nitrogen and oxygen atoms in total. The Labute approximate surface area is 240 Å². The number of carbonyl (C=O) groups is 1. The molecule has 0 radical (unpaired) electrons. The summed E-state index contributed by atoms with van der Waals surface area (Å²) in [5, 5.41) is 13.7. The molecule has 212 valence electrons. The Morgan fingerprint density at radius 1 is 1.05 bits per heavy atom. The lowest BCUT2D eigenvalue weighted by Crippen LogP contribution is -2.49. The summed E-state index contributed by atoms with van der Waals surface area (Å²) in [6, 6.07) is 17.4. The van der Waals surface area contributed by atoms with Crippen molar-refractivity contribution in [2.75, 3.05) is 26.5 Å². The highest BCUT2D eigenvalue weighted by Gasteiger charge is 2.39. The van der Waals surface area contributed by atoms with Gasteiger partial charge in [0.15, 0.2) is 5.58 Å². The number of rotatable bonds is 6. The van der Waals surface area contributed by atoms with Gasteiger partial charge in [0.1, 0.15) is 23.1 Å². The molecule has 1 amide bonds. The van der Waals surface area contributed by atoms with Crippen LogP contribution in [-0.4, -0.2) is 54.2 Å². The van der Waals surface area contributed by atoms with Crippen LogP contribution in [0.1, 0.15) is 56.5 Å². The molecule has 2 aromatic heterocycles. The maximum absolute atomic E-state index is 12.5. The van der Waals surface area contributed by atoms with Crippen LogP contribution < -0.4 is 10.1 Å². The summed E-state index contributed by atoms with van der Waals surface area (Å²) < 4.78 is 18.2. The van der Waals surface area contributed by atoms with Crippen molar-refractivity contribution in [2.24, 2.45) is 0 Å². The van der Waals surface area contributed by atoms with Gasteiger partial charge in [-0.05, 0) is 82.5 Å². The summed E-state index contributed by atoms with van der Waals surface area (Å²) in [4.78, 5) is 18.5. The first-order valence-electron chi connectivity index (χ1n) is 13.7. The first kappa shape index (κ1) is 28.2. The second kappa shape index (κ2) is 10.6. The van der Waals surface area contributed by atoms with Gasteiger partial charge in [0.05, 0.1) is 35.1 Å². The van der Waals surface area contributed by atoms with Crippen LogP contribution in [0, 0.1) is 11.3 Å². The van der Waals surface area contributed by atoms with Gasteiger partial charge in [-0.2, -0.15) is 5.26 Å². The first-order chi connectivity index (χ1) is 19.4. The lowest BCUT2D eigenvalue weighted by Gasteiger charge is -2.45. The average Bonchev–Trinajstić information content (AvgIpc) is 3.35. The number of nitrogens with one attached hydrogen (secondary N) is 1. The summed E-state index contributed by atoms with van der Waals surface area (Å²) in [6.07, 6.45) is 3.42. The third-order valence-electron chi connectivity index (χ3n) is 7.37. The topological polar surface area (TPSA) is 101 Å². The Morgan fingerprint density at radius 2 is 1.78 bits per heavy atom. The maximum Gasteiger partial charge on any atom is 0.253 e. The Balaban J connectivity index is 1.49. The van der Waals surface area contributed by atoms with Crippen LogP contribution in [0.15, 0.2) is 59.1 Å². The molecule has 5 rings (SSSR count). The number of carbonyl (C=O) groups excluding carboxylic acids is 1. The number of amides is 1. The highest BCUT2D eigenvalue weighted by atomic mass is 16.5. The van der Waals surface area contributed by atoms with Gasteiger partial charge < -0.3 is 24.1 Å². The monoisotopic (exact) mass is 552 g/mol. The maximum atomic E-state index is 12.5. The molecule has 41 heavy (non-hydrogen) atoms. The molecular weight excluding hydrogens is 516 g/mol. The minimum absolute atomic E-state index is 0.112. The number of hydrogen-bond acceptors (Lipinski definition) is 7. The van der Waals surface area contributed by atoms with Gasteiger partial charge in [-0.3, -0.25) is 9.78 Å². The van der Waals surface area contributed by atoms with Gasteiger partial charge >= 0.3 is 0 Å². The highest BCUT2D eigenvalue weighted by Crippen LogP contribution is 2.40. The van der Waals surface area contributed by atoms with Gasteiger partial charge in [-0.25, -0.2) is 0 Å². The van der Waals surface area contributed by atoms with Crippen LogP contribution in [0.4, 0.5) is 5.69 Å². The van der Waals surface area contributed by atoms with Crippen LogP contribution in [0.3, 0.4) is 0 Å². The number of benzene rings is 2. The quantitative estimate of drug-likeness (QED) is 0.278. The number of aromatic nitrogens is 1. The molecule has 1 N–H and O–H groups in total. The van der Waals surface area contributed by atoms with Crippen molar-refractivity contribution in [1.82, 2.24) is 9.88 Å². The second-order valence-electron chi connectivity index (χ2n) is 12.0. The average molecular weight is 553 g/mol. The van der Waals surface area contributed by atoms with E-state index in [1.807, 2.05) is 36.4 Å². The van der Waals surface area contributed by atoms with Gasteiger partial charge in [0.2, 0.25) is 0 Å². The molecule has 0 atom stereocenters. The fourth-order valence-electron chi connectivity index (χ4n) is 5.93. The fourth-order valence-corrected chi connectivity index (χ4v) is 5.93. The standard InChI is InChI=1S/C33H36N4O4/c1-32(2)17-23(18-33(3,4)41-32)36-26-11-9-20(14-22(26)19-34)24-12-13-35-27-16-29(40-30(24)27)25-10-8-21(15-28(25)39-7)31(38)37(5)6/h8-16,23,36H,17-18H2,1-7H3. The van der Waals surface area contributed by atoms with Crippen LogP contribution in [0.25, 0.3) is 33.6 Å². The summed E-state index contributed by atoms with van der Waals surface area (Å²) >= 11 is 0. The summed E-state index contributed by atoms with van der Waals surface area (Å²) in [5.74, 6) is 0.989. The van der Waals surface area contributed by atoms with E-state index in [4.69, 9.17) is 13.9 Å². The zero-order valence-corrected chi connectivity index (χ0v) is 24.7. The van der Waals surface area contributed by atoms with E-state index in [1.54, 1.807) is 39.5 Å². The van der Waals surface area contributed by atoms with Crippen LogP contribution in [-0.2, 0) is 4.74 Å². The molecule has 0 unspecified atom stereocenters. The molecule has 1 aliphatic rings. The van der Waals surface area contributed by atoms with Crippen molar-refractivity contribution >= 4 is 22.7 Å². The number of ether oxygens (including phenoxy) is 2. The van der Waals surface area contributed by atoms with E-state index >= 15 is 0 Å². The first-order valence-corrected chi connectivity index (χ1v) is 13.7. The Bertz CT molecular complexity index is 1650. The van der Waals surface area contributed by atoms with Crippen molar-refractivity contribution < 1.29 is 18.7 Å². The smallest absolute Gasteiger partial charge is 0.253 e. The van der Waals surface area contributed by atoms with Gasteiger partial charge in [-0.1, -0.05) is 6.07 Å². The summed E-state index contributed by atoms with van der Waals surface area (Å²) in [6.45, 7) is 8.43. The largest absolute Gasteiger partial charge is 0.496 e. The van der Waals surface area contributed by atoms with Gasteiger partial charge in [0.25, 0.3) is 5.91 Å². The zero-order chi connectivity index (χ0) is 29.5. The summed E-state index contributed by atoms with van der Waals surface area (Å²) in [5.41, 5.74) is 5.07. The number of furan rings is 1. The van der Waals surface area contributed by atoms with Crippen molar-refractivity contribution in [3.05, 3.63) is 65.9 Å². The predicted molar refractivity (Wildman–Crippen MR) is 160 cm³/mol. The highest BCUT2D eigenvalue weighted by molar-refractivity contribution is 5.96. The Kier molecular flexibility index (Phi) is 7.26. The van der Waals surface area contributed by atoms with Crippen LogP contribution in [0.5, 0.6) is 5.75 Å². The number of pyridine rings is 1. The van der Waals surface area contributed by atoms with Crippen molar-refractivity contribution in [1.29, 1.82) is 5.26 Å². The zero-order valence-electron chi connectivity index (χ0n) is 24.7. The van der Waals surface area contributed by atoms with E-state index in [2.05, 4.69) is 44.1 Å². The van der Waals surface area contributed by atoms with Gasteiger partial charge in [0, 0.05) is 43.5 Å². The molecule has 0 saturated carbocycles. The van der Waals surface area contributed by atoms with Crippen LogP contribution in [0.2, 0.25) is 0 Å². The number of nitriles is 1. The Morgan fingerprint density at radius 3 is 2.44 bits per heavy atom. The van der Waals surface area contributed by atoms with E-state index in [0.717, 1.165) is 29.7 Å². The summed E-state index contributed by atoms with van der Waals surface area (Å²) in [7, 11) is 4.99. The fraction of sp³-hybridized carbons (Fsp3) is 0.364. The number of hydrogen-bond donors (Lipinski definition) is 1. The number of anilines is 1. The molecule has 4 aromatic rings. The van der Waals surface area contributed by atoms with E-state index in [1.165, 1.54) is 4.90 Å². The Hall–Kier alpha value is -4.35. The van der Waals surface area contributed by atoms with E-state index in [0.29, 0.717) is 39.3 Å². The minimum Gasteiger partial charge on any atom is -0.496 e. The van der Waals surface area contributed by atoms with Crippen molar-refractivity contribution in [3.63, 3.8) is 0 Å². The molecule has 1 aliphatic heterocycles. The minimum atomic E-state index is -0.253. The SMILES string of the molecule is COc1cc(C(=O)N(C)C)ccc1-c1cc2nccc(-c3ccc(NC4CC(C)(C)OC(C)(C)C4)c(C#N)c3)c2o1. The molecular formula is C33H36N4O4. The predicted octanol–water partition coefficient (Wildman–Crippen LogP) is 6.89. The second-order valence-corrected chi connectivity index (χ2v) is 12.0. The number of fused-ring (bicyclic) bond motifs is 1. The normalized spacial score (nSPS) is 16.2. The lowest BCUT2D eigenvalue weighted by atomic mass is 9.85.